The van der Waals surface area contributed by atoms with Crippen molar-refractivity contribution in [3.8, 4) is 0 Å². The van der Waals surface area contributed by atoms with Crippen LogP contribution in [0.5, 0.6) is 0 Å². The summed E-state index contributed by atoms with van der Waals surface area (Å²) >= 11 is 11.9. The second-order valence-electron chi connectivity index (χ2n) is 6.76. The Bertz CT molecular complexity index is 1080. The second-order valence-corrected chi connectivity index (χ2v) is 9.28. The molecule has 0 atom stereocenters. The van der Waals surface area contributed by atoms with Gasteiger partial charge in [-0.3, -0.25) is 14.5 Å². The predicted octanol–water partition coefficient (Wildman–Crippen LogP) is 4.90. The summed E-state index contributed by atoms with van der Waals surface area (Å²) in [6.07, 6.45) is 6.47. The molecule has 158 valence electrons. The van der Waals surface area contributed by atoms with Crippen molar-refractivity contribution in [2.45, 2.75) is 30.6 Å². The van der Waals surface area contributed by atoms with Crippen LogP contribution in [-0.2, 0) is 14.8 Å². The van der Waals surface area contributed by atoms with Crippen molar-refractivity contribution >= 4 is 56.7 Å². The van der Waals surface area contributed by atoms with Crippen LogP contribution in [0.3, 0.4) is 0 Å². The maximum atomic E-state index is 12.5. The summed E-state index contributed by atoms with van der Waals surface area (Å²) in [6.45, 7) is 0.636. The van der Waals surface area contributed by atoms with Crippen LogP contribution in [0.2, 0.25) is 10.0 Å². The molecule has 0 saturated carbocycles. The molecule has 0 saturated heterocycles. The molecule has 0 aliphatic carbocycles. The zero-order valence-electron chi connectivity index (χ0n) is 16.1. The number of nitrogens with zero attached hydrogens (tertiary/aromatic N) is 1. The van der Waals surface area contributed by atoms with Crippen LogP contribution in [-0.4, -0.2) is 26.7 Å². The van der Waals surface area contributed by atoms with Crippen LogP contribution in [0.4, 0.5) is 5.69 Å². The van der Waals surface area contributed by atoms with Crippen molar-refractivity contribution in [3.63, 3.8) is 0 Å². The molecule has 1 aliphatic heterocycles. The van der Waals surface area contributed by atoms with Crippen LogP contribution in [0.15, 0.2) is 58.4 Å². The first-order valence-corrected chi connectivity index (χ1v) is 11.7. The van der Waals surface area contributed by atoms with Crippen molar-refractivity contribution < 1.29 is 13.2 Å². The van der Waals surface area contributed by atoms with E-state index in [4.69, 9.17) is 23.2 Å². The van der Waals surface area contributed by atoms with Crippen LogP contribution >= 0.6 is 23.2 Å². The number of aliphatic imine (C=N–C) groups is 1. The molecule has 2 N–H and O–H groups in total. The highest BCUT2D eigenvalue weighted by Gasteiger charge is 2.17. The van der Waals surface area contributed by atoms with Crippen molar-refractivity contribution in [1.82, 2.24) is 4.72 Å². The first-order chi connectivity index (χ1) is 14.3. The molecule has 0 bridgehead atoms. The zero-order chi connectivity index (χ0) is 21.6. The largest absolute Gasteiger partial charge is 0.323 e. The fraction of sp³-hybridized carbons (Fsp3) is 0.238. The average molecular weight is 466 g/mol. The Morgan fingerprint density at radius 3 is 2.53 bits per heavy atom. The van der Waals surface area contributed by atoms with Gasteiger partial charge < -0.3 is 5.32 Å². The number of halogens is 2. The van der Waals surface area contributed by atoms with Gasteiger partial charge in [-0.1, -0.05) is 35.7 Å². The number of anilines is 1. The zero-order valence-corrected chi connectivity index (χ0v) is 18.4. The molecule has 3 rings (SSSR count). The normalized spacial score (nSPS) is 14.8. The van der Waals surface area contributed by atoms with Crippen LogP contribution < -0.4 is 10.0 Å². The summed E-state index contributed by atoms with van der Waals surface area (Å²) in [5, 5.41) is 3.63. The number of rotatable bonds is 5. The standard InChI is InChI=1S/C21H21Cl2N3O3S/c22-16-7-5-15(19(23)14-16)6-12-21(27)25-17-8-10-18(11-9-17)30(28,29)26-20-4-2-1-3-13-24-20/h5-12,14H,1-4,13H2,(H,24,26)(H,25,27)/b12-6+. The van der Waals surface area contributed by atoms with Gasteiger partial charge in [-0.25, -0.2) is 8.42 Å². The van der Waals surface area contributed by atoms with E-state index < -0.39 is 10.0 Å². The minimum absolute atomic E-state index is 0.107. The maximum absolute atomic E-state index is 12.5. The van der Waals surface area contributed by atoms with Crippen LogP contribution in [0.25, 0.3) is 6.08 Å². The molecule has 0 unspecified atom stereocenters. The van der Waals surface area contributed by atoms with Gasteiger partial charge in [0.05, 0.1) is 4.90 Å². The molecule has 1 heterocycles. The van der Waals surface area contributed by atoms with Crippen LogP contribution in [0.1, 0.15) is 31.2 Å². The van der Waals surface area contributed by atoms with Gasteiger partial charge in [0.2, 0.25) is 5.91 Å². The predicted molar refractivity (Wildman–Crippen MR) is 122 cm³/mol. The van der Waals surface area contributed by atoms with Gasteiger partial charge in [-0.15, -0.1) is 0 Å². The lowest BCUT2D eigenvalue weighted by atomic mass is 10.2. The summed E-state index contributed by atoms with van der Waals surface area (Å²) in [7, 11) is -3.71. The summed E-state index contributed by atoms with van der Waals surface area (Å²) in [5.74, 6) is 0.124. The third-order valence-electron chi connectivity index (χ3n) is 4.44. The first-order valence-electron chi connectivity index (χ1n) is 9.44. The number of amidine groups is 1. The Morgan fingerprint density at radius 2 is 1.80 bits per heavy atom. The van der Waals surface area contributed by atoms with Gasteiger partial charge in [0.25, 0.3) is 10.0 Å². The molecule has 9 heteroatoms. The van der Waals surface area contributed by atoms with Gasteiger partial charge in [-0.2, -0.15) is 0 Å². The molecule has 1 aliphatic rings. The highest BCUT2D eigenvalue weighted by atomic mass is 35.5. The summed E-state index contributed by atoms with van der Waals surface area (Å²) < 4.78 is 27.7. The SMILES string of the molecule is O=C(/C=C/c1ccc(Cl)cc1Cl)Nc1ccc(S(=O)(=O)NC2=NCCCCC2)cc1. The van der Waals surface area contributed by atoms with E-state index in [-0.39, 0.29) is 10.8 Å². The number of benzene rings is 2. The van der Waals surface area contributed by atoms with E-state index in [0.717, 1.165) is 19.3 Å². The van der Waals surface area contributed by atoms with Crippen molar-refractivity contribution in [3.05, 3.63) is 64.1 Å². The molecule has 2 aromatic rings. The van der Waals surface area contributed by atoms with E-state index in [2.05, 4.69) is 15.0 Å². The van der Waals surface area contributed by atoms with E-state index in [1.165, 1.54) is 30.3 Å². The molecule has 0 aromatic heterocycles. The van der Waals surface area contributed by atoms with Gasteiger partial charge in [0.1, 0.15) is 5.84 Å². The molecular formula is C21H21Cl2N3O3S. The number of carbonyl (C=O) groups excluding carboxylic acids is 1. The first kappa shape index (κ1) is 22.3. The Balaban J connectivity index is 1.62. The van der Waals surface area contributed by atoms with Crippen molar-refractivity contribution in [1.29, 1.82) is 0 Å². The van der Waals surface area contributed by atoms with E-state index in [1.54, 1.807) is 24.3 Å². The quantitative estimate of drug-likeness (QED) is 0.615. The molecule has 0 radical (unpaired) electrons. The number of carbonyl (C=O) groups is 1. The fourth-order valence-electron chi connectivity index (χ4n) is 2.87. The molecular weight excluding hydrogens is 445 g/mol. The second kappa shape index (κ2) is 10.1. The third-order valence-corrected chi connectivity index (χ3v) is 6.39. The minimum Gasteiger partial charge on any atom is -0.323 e. The highest BCUT2D eigenvalue weighted by Crippen LogP contribution is 2.22. The number of nitrogens with one attached hydrogen (secondary N) is 2. The molecule has 30 heavy (non-hydrogen) atoms. The number of sulfonamides is 1. The van der Waals surface area contributed by atoms with E-state index in [0.29, 0.717) is 40.1 Å². The molecule has 2 aromatic carbocycles. The lowest BCUT2D eigenvalue weighted by molar-refractivity contribution is -0.111. The fourth-order valence-corrected chi connectivity index (χ4v) is 4.44. The van der Waals surface area contributed by atoms with E-state index in [1.807, 2.05) is 0 Å². The van der Waals surface area contributed by atoms with Gasteiger partial charge >= 0.3 is 0 Å². The topological polar surface area (TPSA) is 87.6 Å². The Morgan fingerprint density at radius 1 is 1.03 bits per heavy atom. The lowest BCUT2D eigenvalue weighted by Gasteiger charge is -2.10. The summed E-state index contributed by atoms with van der Waals surface area (Å²) in [4.78, 5) is 16.5. The van der Waals surface area contributed by atoms with Crippen molar-refractivity contribution in [2.24, 2.45) is 4.99 Å². The Kier molecular flexibility index (Phi) is 7.53. The molecule has 0 fully saturated rings. The van der Waals surface area contributed by atoms with Crippen molar-refractivity contribution in [2.75, 3.05) is 11.9 Å². The van der Waals surface area contributed by atoms with Crippen LogP contribution in [0, 0.1) is 0 Å². The average Bonchev–Trinajstić information content (AvgIpc) is 2.96. The Hall–Kier alpha value is -2.35. The lowest BCUT2D eigenvalue weighted by Crippen LogP contribution is -2.30. The number of amides is 1. The molecule has 6 nitrogen and oxygen atoms in total. The van der Waals surface area contributed by atoms with E-state index >= 15 is 0 Å². The van der Waals surface area contributed by atoms with Gasteiger partial charge in [-0.05, 0) is 60.9 Å². The van der Waals surface area contributed by atoms with Gasteiger partial charge in [0.15, 0.2) is 0 Å². The monoisotopic (exact) mass is 465 g/mol. The summed E-state index contributed by atoms with van der Waals surface area (Å²) in [5.41, 5.74) is 1.13. The third kappa shape index (κ3) is 6.32. The maximum Gasteiger partial charge on any atom is 0.262 e. The minimum atomic E-state index is -3.71. The highest BCUT2D eigenvalue weighted by molar-refractivity contribution is 7.90. The van der Waals surface area contributed by atoms with Gasteiger partial charge in [0, 0.05) is 34.8 Å². The number of hydrogen-bond acceptors (Lipinski definition) is 4. The van der Waals surface area contributed by atoms with E-state index in [9.17, 15) is 13.2 Å². The molecule has 1 amide bonds. The smallest absolute Gasteiger partial charge is 0.262 e. The Labute approximate surface area is 186 Å². The molecule has 0 spiro atoms. The number of hydrogen-bond donors (Lipinski definition) is 2. The summed E-state index contributed by atoms with van der Waals surface area (Å²) in [6, 6.07) is 10.9.